The lowest BCUT2D eigenvalue weighted by Gasteiger charge is -2.22. The predicted octanol–water partition coefficient (Wildman–Crippen LogP) is 2.83. The van der Waals surface area contributed by atoms with Crippen LogP contribution in [0, 0.1) is 5.92 Å². The fourth-order valence-electron chi connectivity index (χ4n) is 2.50. The van der Waals surface area contributed by atoms with Gasteiger partial charge in [-0.1, -0.05) is 13.3 Å². The number of unbranched alkanes of at least 4 members (excludes halogenated alkanes) is 1. The molecule has 0 atom stereocenters. The molecule has 124 valence electrons. The van der Waals surface area contributed by atoms with Crippen molar-refractivity contribution in [3.63, 3.8) is 0 Å². The molecule has 0 aromatic carbocycles. The molecule has 4 nitrogen and oxygen atoms in total. The average molecular weight is 408 g/mol. The lowest BCUT2D eigenvalue weighted by atomic mass is 10.3. The Kier molecular flexibility index (Phi) is 9.64. The highest BCUT2D eigenvalue weighted by Crippen LogP contribution is 2.34. The van der Waals surface area contributed by atoms with Gasteiger partial charge >= 0.3 is 0 Å². The molecule has 2 aliphatic rings. The third kappa shape index (κ3) is 8.24. The second kappa shape index (κ2) is 10.6. The van der Waals surface area contributed by atoms with E-state index < -0.39 is 0 Å². The number of hydrogen-bond acceptors (Lipinski definition) is 2. The maximum Gasteiger partial charge on any atom is 0.191 e. The van der Waals surface area contributed by atoms with Gasteiger partial charge in [0.15, 0.2) is 5.96 Å². The SMILES string of the molecule is CCCCN=C(NCC)NCCN(CC1CC1)C1CC1.I. The molecule has 2 fully saturated rings. The number of nitrogens with one attached hydrogen (secondary N) is 2. The van der Waals surface area contributed by atoms with Gasteiger partial charge < -0.3 is 10.6 Å². The van der Waals surface area contributed by atoms with Crippen LogP contribution in [0.3, 0.4) is 0 Å². The molecule has 2 aliphatic carbocycles. The second-order valence-corrected chi connectivity index (χ2v) is 6.21. The van der Waals surface area contributed by atoms with Gasteiger partial charge in [0, 0.05) is 38.8 Å². The van der Waals surface area contributed by atoms with Crippen molar-refractivity contribution < 1.29 is 0 Å². The highest BCUT2D eigenvalue weighted by atomic mass is 127. The van der Waals surface area contributed by atoms with Crippen molar-refractivity contribution in [2.75, 3.05) is 32.7 Å². The van der Waals surface area contributed by atoms with E-state index in [-0.39, 0.29) is 24.0 Å². The molecule has 0 saturated heterocycles. The fraction of sp³-hybridized carbons (Fsp3) is 0.938. The molecule has 0 unspecified atom stereocenters. The second-order valence-electron chi connectivity index (χ2n) is 6.21. The Morgan fingerprint density at radius 3 is 2.48 bits per heavy atom. The van der Waals surface area contributed by atoms with Gasteiger partial charge in [0.2, 0.25) is 0 Å². The van der Waals surface area contributed by atoms with E-state index in [4.69, 9.17) is 0 Å². The van der Waals surface area contributed by atoms with Crippen LogP contribution < -0.4 is 10.6 Å². The molecule has 2 saturated carbocycles. The maximum absolute atomic E-state index is 4.61. The van der Waals surface area contributed by atoms with Crippen molar-refractivity contribution in [1.82, 2.24) is 15.5 Å². The third-order valence-corrected chi connectivity index (χ3v) is 4.07. The van der Waals surface area contributed by atoms with Gasteiger partial charge in [-0.15, -0.1) is 24.0 Å². The minimum absolute atomic E-state index is 0. The summed E-state index contributed by atoms with van der Waals surface area (Å²) in [6, 6.07) is 0.886. The number of guanidine groups is 1. The Bertz CT molecular complexity index is 301. The van der Waals surface area contributed by atoms with Gasteiger partial charge in [-0.05, 0) is 44.9 Å². The number of aliphatic imine (C=N–C) groups is 1. The molecule has 0 aliphatic heterocycles. The normalized spacial score (nSPS) is 18.5. The molecule has 0 heterocycles. The fourth-order valence-corrected chi connectivity index (χ4v) is 2.50. The number of nitrogens with zero attached hydrogens (tertiary/aromatic N) is 2. The molecule has 21 heavy (non-hydrogen) atoms. The van der Waals surface area contributed by atoms with Crippen molar-refractivity contribution in [2.24, 2.45) is 10.9 Å². The van der Waals surface area contributed by atoms with Crippen LogP contribution in [-0.2, 0) is 0 Å². The number of halogens is 1. The van der Waals surface area contributed by atoms with Crippen LogP contribution in [0.4, 0.5) is 0 Å². The smallest absolute Gasteiger partial charge is 0.191 e. The van der Waals surface area contributed by atoms with Crippen LogP contribution in [0.15, 0.2) is 4.99 Å². The topological polar surface area (TPSA) is 39.7 Å². The van der Waals surface area contributed by atoms with E-state index in [1.54, 1.807) is 0 Å². The summed E-state index contributed by atoms with van der Waals surface area (Å²) in [7, 11) is 0. The summed E-state index contributed by atoms with van der Waals surface area (Å²) in [6.45, 7) is 9.71. The summed E-state index contributed by atoms with van der Waals surface area (Å²) in [5.74, 6) is 1.99. The molecular formula is C16H33IN4. The Morgan fingerprint density at radius 1 is 1.14 bits per heavy atom. The van der Waals surface area contributed by atoms with Crippen molar-refractivity contribution in [2.45, 2.75) is 58.4 Å². The molecule has 0 aromatic heterocycles. The van der Waals surface area contributed by atoms with Crippen LogP contribution in [0.25, 0.3) is 0 Å². The molecule has 0 radical (unpaired) electrons. The molecule has 2 rings (SSSR count). The largest absolute Gasteiger partial charge is 0.357 e. The van der Waals surface area contributed by atoms with E-state index in [0.29, 0.717) is 0 Å². The lowest BCUT2D eigenvalue weighted by Crippen LogP contribution is -2.42. The van der Waals surface area contributed by atoms with Crippen LogP contribution in [0.5, 0.6) is 0 Å². The molecular weight excluding hydrogens is 375 g/mol. The van der Waals surface area contributed by atoms with Gasteiger partial charge in [-0.2, -0.15) is 0 Å². The summed E-state index contributed by atoms with van der Waals surface area (Å²) in [6.07, 6.45) is 8.12. The zero-order chi connectivity index (χ0) is 14.2. The van der Waals surface area contributed by atoms with E-state index in [9.17, 15) is 0 Å². The summed E-state index contributed by atoms with van der Waals surface area (Å²) < 4.78 is 0. The number of hydrogen-bond donors (Lipinski definition) is 2. The summed E-state index contributed by atoms with van der Waals surface area (Å²) in [4.78, 5) is 7.30. The predicted molar refractivity (Wildman–Crippen MR) is 102 cm³/mol. The number of rotatable bonds is 10. The van der Waals surface area contributed by atoms with Crippen LogP contribution >= 0.6 is 24.0 Å². The first-order valence-electron chi connectivity index (χ1n) is 8.59. The van der Waals surface area contributed by atoms with E-state index in [1.165, 1.54) is 51.6 Å². The van der Waals surface area contributed by atoms with Crippen molar-refractivity contribution in [3.05, 3.63) is 0 Å². The Morgan fingerprint density at radius 2 is 1.90 bits per heavy atom. The first-order chi connectivity index (χ1) is 9.83. The Labute approximate surface area is 147 Å². The van der Waals surface area contributed by atoms with Crippen LogP contribution in [0.2, 0.25) is 0 Å². The summed E-state index contributed by atoms with van der Waals surface area (Å²) in [5.41, 5.74) is 0. The molecule has 0 amide bonds. The lowest BCUT2D eigenvalue weighted by molar-refractivity contribution is 0.256. The highest BCUT2D eigenvalue weighted by Gasteiger charge is 2.33. The Balaban J connectivity index is 0.00000220. The standard InChI is InChI=1S/C16H32N4.HI/c1-3-5-10-18-16(17-4-2)19-11-12-20(15-8-9-15)13-14-6-7-14;/h14-15H,3-13H2,1-2H3,(H2,17,18,19);1H. The van der Waals surface area contributed by atoms with Crippen LogP contribution in [0.1, 0.15) is 52.4 Å². The Hall–Kier alpha value is -0.0400. The van der Waals surface area contributed by atoms with E-state index in [2.05, 4.69) is 34.4 Å². The minimum Gasteiger partial charge on any atom is -0.357 e. The minimum atomic E-state index is 0. The van der Waals surface area contributed by atoms with E-state index in [0.717, 1.165) is 37.6 Å². The van der Waals surface area contributed by atoms with Crippen molar-refractivity contribution >= 4 is 29.9 Å². The van der Waals surface area contributed by atoms with Crippen molar-refractivity contribution in [3.8, 4) is 0 Å². The molecule has 0 bridgehead atoms. The zero-order valence-electron chi connectivity index (χ0n) is 13.7. The van der Waals surface area contributed by atoms with Crippen LogP contribution in [-0.4, -0.2) is 49.6 Å². The molecule has 0 aromatic rings. The van der Waals surface area contributed by atoms with Gasteiger partial charge in [-0.3, -0.25) is 9.89 Å². The van der Waals surface area contributed by atoms with Crippen molar-refractivity contribution in [1.29, 1.82) is 0 Å². The summed E-state index contributed by atoms with van der Waals surface area (Å²) in [5, 5.41) is 6.82. The van der Waals surface area contributed by atoms with E-state index >= 15 is 0 Å². The first-order valence-corrected chi connectivity index (χ1v) is 8.59. The molecule has 5 heteroatoms. The zero-order valence-corrected chi connectivity index (χ0v) is 16.1. The monoisotopic (exact) mass is 408 g/mol. The highest BCUT2D eigenvalue weighted by molar-refractivity contribution is 14.0. The molecule has 0 spiro atoms. The third-order valence-electron chi connectivity index (χ3n) is 4.07. The average Bonchev–Trinajstić information content (AvgIpc) is 3.30. The van der Waals surface area contributed by atoms with Gasteiger partial charge in [-0.25, -0.2) is 0 Å². The summed E-state index contributed by atoms with van der Waals surface area (Å²) >= 11 is 0. The van der Waals surface area contributed by atoms with Gasteiger partial charge in [0.1, 0.15) is 0 Å². The van der Waals surface area contributed by atoms with E-state index in [1.807, 2.05) is 0 Å². The van der Waals surface area contributed by atoms with Gasteiger partial charge in [0.25, 0.3) is 0 Å². The quantitative estimate of drug-likeness (QED) is 0.253. The van der Waals surface area contributed by atoms with Gasteiger partial charge in [0.05, 0.1) is 0 Å². The first kappa shape index (κ1) is 19.0. The molecule has 2 N–H and O–H groups in total. The maximum atomic E-state index is 4.61.